The molecule has 0 aromatic heterocycles. The summed E-state index contributed by atoms with van der Waals surface area (Å²) in [5.74, 6) is -1.22. The van der Waals surface area contributed by atoms with E-state index in [4.69, 9.17) is 0 Å². The van der Waals surface area contributed by atoms with Gasteiger partial charge < -0.3 is 21.1 Å². The zero-order valence-corrected chi connectivity index (χ0v) is 20.3. The van der Waals surface area contributed by atoms with Gasteiger partial charge in [-0.05, 0) is 62.3 Å². The van der Waals surface area contributed by atoms with E-state index in [-0.39, 0.29) is 50.5 Å². The van der Waals surface area contributed by atoms with Crippen LogP contribution in [0, 0.1) is 9.81 Å². The Hall–Kier alpha value is -4.25. The quantitative estimate of drug-likeness (QED) is 0.171. The summed E-state index contributed by atoms with van der Waals surface area (Å²) < 4.78 is 0. The zero-order chi connectivity index (χ0) is 25.7. The number of para-hydroxylation sites is 2. The maximum absolute atomic E-state index is 11.6. The molecule has 0 aliphatic carbocycles. The molecule has 0 saturated heterocycles. The number of hydrogen-bond acceptors (Lipinski definition) is 10. The molecule has 0 unspecified atom stereocenters. The maximum atomic E-state index is 11.6. The van der Waals surface area contributed by atoms with E-state index in [0.717, 1.165) is 0 Å². The smallest absolute Gasteiger partial charge is 0.273 e. The van der Waals surface area contributed by atoms with E-state index < -0.39 is 11.8 Å². The molecule has 0 fully saturated rings. The van der Waals surface area contributed by atoms with E-state index in [1.807, 2.05) is 0 Å². The van der Waals surface area contributed by atoms with Crippen molar-refractivity contribution >= 4 is 11.8 Å². The number of nitroso groups, excluding NO2 is 2. The van der Waals surface area contributed by atoms with Crippen molar-refractivity contribution in [1.29, 1.82) is 0 Å². The molecule has 2 aromatic rings. The van der Waals surface area contributed by atoms with Crippen molar-refractivity contribution in [2.45, 2.75) is 27.7 Å². The first kappa shape index (κ1) is 30.8. The standard InChI is InChI=1S/2C11H13N3O3.Ni/c2*1-7(8(2)14-17)12-13-11(16)9-5-3-4-6-10(9)15;/h2*3-6,12,15H,1-2H3,(H,13,16);. The summed E-state index contributed by atoms with van der Waals surface area (Å²) in [6.45, 7) is 6.23. The van der Waals surface area contributed by atoms with Crippen molar-refractivity contribution in [3.63, 3.8) is 0 Å². The molecule has 2 aromatic carbocycles. The third-order valence-electron chi connectivity index (χ3n) is 4.38. The average molecular weight is 529 g/mol. The van der Waals surface area contributed by atoms with Crippen LogP contribution in [-0.2, 0) is 16.5 Å². The molecular formula is C22H26N6NiO6. The number of amides is 2. The summed E-state index contributed by atoms with van der Waals surface area (Å²) in [6.07, 6.45) is 0. The van der Waals surface area contributed by atoms with E-state index >= 15 is 0 Å². The van der Waals surface area contributed by atoms with Crippen molar-refractivity contribution in [3.05, 3.63) is 92.3 Å². The monoisotopic (exact) mass is 528 g/mol. The van der Waals surface area contributed by atoms with Crippen molar-refractivity contribution in [2.75, 3.05) is 0 Å². The van der Waals surface area contributed by atoms with Gasteiger partial charge in [0.2, 0.25) is 0 Å². The molecule has 0 atom stereocenters. The average Bonchev–Trinajstić information content (AvgIpc) is 2.85. The number of phenolic OH excluding ortho intramolecular Hbond substituents is 2. The zero-order valence-electron chi connectivity index (χ0n) is 19.4. The predicted molar refractivity (Wildman–Crippen MR) is 126 cm³/mol. The molecular weight excluding hydrogens is 503 g/mol. The number of aromatic hydroxyl groups is 2. The molecule has 35 heavy (non-hydrogen) atoms. The number of benzene rings is 2. The molecule has 0 aliphatic rings. The van der Waals surface area contributed by atoms with Gasteiger partial charge in [-0.1, -0.05) is 24.3 Å². The molecule has 0 radical (unpaired) electrons. The number of hydrogen-bond donors (Lipinski definition) is 6. The first-order valence-electron chi connectivity index (χ1n) is 9.82. The number of nitrogens with one attached hydrogen (secondary N) is 4. The summed E-state index contributed by atoms with van der Waals surface area (Å²) in [5.41, 5.74) is 11.4. The molecule has 0 spiro atoms. The van der Waals surface area contributed by atoms with Crippen LogP contribution in [0.15, 0.2) is 81.7 Å². The van der Waals surface area contributed by atoms with E-state index in [2.05, 4.69) is 32.1 Å². The molecule has 190 valence electrons. The Bertz CT molecular complexity index is 1030. The minimum atomic E-state index is -0.499. The third kappa shape index (κ3) is 10.0. The van der Waals surface area contributed by atoms with Gasteiger partial charge in [-0.25, -0.2) is 0 Å². The Morgan fingerprint density at radius 3 is 1.23 bits per heavy atom. The number of carbonyl (C=O) groups is 2. The second-order valence-corrected chi connectivity index (χ2v) is 6.80. The van der Waals surface area contributed by atoms with Crippen molar-refractivity contribution in [3.8, 4) is 11.5 Å². The van der Waals surface area contributed by atoms with E-state index in [9.17, 15) is 29.6 Å². The number of hydrazine groups is 2. The third-order valence-corrected chi connectivity index (χ3v) is 4.38. The van der Waals surface area contributed by atoms with Gasteiger partial charge in [0.1, 0.15) is 22.9 Å². The molecule has 0 saturated carbocycles. The molecule has 0 aliphatic heterocycles. The van der Waals surface area contributed by atoms with Crippen LogP contribution >= 0.6 is 0 Å². The van der Waals surface area contributed by atoms with Crippen LogP contribution in [0.3, 0.4) is 0 Å². The first-order chi connectivity index (χ1) is 16.1. The van der Waals surface area contributed by atoms with Gasteiger partial charge in [-0.3, -0.25) is 20.4 Å². The van der Waals surface area contributed by atoms with Gasteiger partial charge in [0, 0.05) is 16.5 Å². The number of nitrogens with zero attached hydrogens (tertiary/aromatic N) is 2. The van der Waals surface area contributed by atoms with Gasteiger partial charge in [0.25, 0.3) is 11.8 Å². The van der Waals surface area contributed by atoms with Gasteiger partial charge >= 0.3 is 0 Å². The van der Waals surface area contributed by atoms with Gasteiger partial charge in [0.15, 0.2) is 0 Å². The van der Waals surface area contributed by atoms with Crippen molar-refractivity contribution in [2.24, 2.45) is 10.4 Å². The predicted octanol–water partition coefficient (Wildman–Crippen LogP) is 3.29. The molecule has 0 heterocycles. The molecule has 2 amide bonds. The van der Waals surface area contributed by atoms with Crippen LogP contribution in [0.5, 0.6) is 11.5 Å². The molecule has 13 heteroatoms. The Kier molecular flexibility index (Phi) is 13.7. The fourth-order valence-electron chi connectivity index (χ4n) is 2.08. The summed E-state index contributed by atoms with van der Waals surface area (Å²) in [6, 6.07) is 12.3. The number of rotatable bonds is 8. The minimum absolute atomic E-state index is 0. The van der Waals surface area contributed by atoms with Crippen LogP contribution in [0.2, 0.25) is 0 Å². The number of phenols is 2. The van der Waals surface area contributed by atoms with Crippen LogP contribution in [0.4, 0.5) is 0 Å². The fraction of sp³-hybridized carbons (Fsp3) is 0.182. The molecule has 2 rings (SSSR count). The van der Waals surface area contributed by atoms with Gasteiger partial charge in [-0.2, -0.15) is 0 Å². The number of allylic oxidation sites excluding steroid dienone is 4. The van der Waals surface area contributed by atoms with Crippen LogP contribution in [0.1, 0.15) is 48.4 Å². The van der Waals surface area contributed by atoms with Gasteiger partial charge in [0.05, 0.1) is 22.5 Å². The Morgan fingerprint density at radius 1 is 0.629 bits per heavy atom. The Labute approximate surface area is 211 Å². The molecule has 6 N–H and O–H groups in total. The maximum Gasteiger partial charge on any atom is 0.273 e. The van der Waals surface area contributed by atoms with E-state index in [1.54, 1.807) is 38.1 Å². The van der Waals surface area contributed by atoms with E-state index in [0.29, 0.717) is 11.4 Å². The minimum Gasteiger partial charge on any atom is -0.507 e. The fourth-order valence-corrected chi connectivity index (χ4v) is 2.08. The number of carbonyl (C=O) groups excluding carboxylic acids is 2. The second-order valence-electron chi connectivity index (χ2n) is 6.80. The largest absolute Gasteiger partial charge is 0.507 e. The van der Waals surface area contributed by atoms with Crippen LogP contribution in [0.25, 0.3) is 0 Å². The molecule has 12 nitrogen and oxygen atoms in total. The summed E-state index contributed by atoms with van der Waals surface area (Å²) in [7, 11) is 0. The second kappa shape index (κ2) is 15.6. The molecule has 0 bridgehead atoms. The van der Waals surface area contributed by atoms with Crippen LogP contribution in [-0.4, -0.2) is 22.0 Å². The topological polar surface area (TPSA) is 182 Å². The van der Waals surface area contributed by atoms with Crippen LogP contribution < -0.4 is 21.7 Å². The SMILES string of the molecule is CC(N=O)=C(C)NNC(=O)c1ccccc1O.CC(N=O)=C(C)NNC(=O)c1ccccc1O.[Ni]. The first-order valence-corrected chi connectivity index (χ1v) is 9.82. The summed E-state index contributed by atoms with van der Waals surface area (Å²) >= 11 is 0. The normalized spacial score (nSPS) is 11.1. The van der Waals surface area contributed by atoms with Crippen molar-refractivity contribution < 1.29 is 36.3 Å². The van der Waals surface area contributed by atoms with Crippen molar-refractivity contribution in [1.82, 2.24) is 21.7 Å². The Balaban J connectivity index is 0.000000642. The van der Waals surface area contributed by atoms with E-state index in [1.165, 1.54) is 38.1 Å². The summed E-state index contributed by atoms with van der Waals surface area (Å²) in [5, 5.41) is 24.3. The van der Waals surface area contributed by atoms with Gasteiger partial charge in [-0.15, -0.1) is 9.81 Å². The summed E-state index contributed by atoms with van der Waals surface area (Å²) in [4.78, 5) is 43.7. The Morgan fingerprint density at radius 2 is 0.943 bits per heavy atom.